The Hall–Kier alpha value is -2.33. The third-order valence-corrected chi connectivity index (χ3v) is 4.72. The molecule has 128 valence electrons. The van der Waals surface area contributed by atoms with E-state index in [0.29, 0.717) is 6.54 Å². The SMILES string of the molecule is C=CC(=C\C=C(\N)CC)/C(C)=C/N(Cc1ccc(C(=C)C)s1)N=C. The molecule has 1 heterocycles. The molecule has 4 heteroatoms. The van der Waals surface area contributed by atoms with Gasteiger partial charge in [-0.15, -0.1) is 11.3 Å². The summed E-state index contributed by atoms with van der Waals surface area (Å²) in [6, 6.07) is 4.19. The molecule has 0 amide bonds. The van der Waals surface area contributed by atoms with Crippen molar-refractivity contribution >= 4 is 23.6 Å². The highest BCUT2D eigenvalue weighted by molar-refractivity contribution is 7.13. The highest BCUT2D eigenvalue weighted by Gasteiger charge is 2.05. The van der Waals surface area contributed by atoms with Gasteiger partial charge in [-0.25, -0.2) is 0 Å². The van der Waals surface area contributed by atoms with Crippen LogP contribution in [0.4, 0.5) is 0 Å². The lowest BCUT2D eigenvalue weighted by atomic mass is 10.1. The summed E-state index contributed by atoms with van der Waals surface area (Å²) in [5, 5.41) is 5.92. The molecule has 0 aliphatic carbocycles. The molecule has 0 aliphatic heterocycles. The second-order valence-electron chi connectivity index (χ2n) is 5.52. The molecule has 0 saturated carbocycles. The van der Waals surface area contributed by atoms with E-state index in [1.54, 1.807) is 11.3 Å². The molecule has 0 radical (unpaired) electrons. The van der Waals surface area contributed by atoms with Gasteiger partial charge in [0.1, 0.15) is 0 Å². The lowest BCUT2D eigenvalue weighted by Crippen LogP contribution is -2.09. The molecule has 24 heavy (non-hydrogen) atoms. The predicted octanol–water partition coefficient (Wildman–Crippen LogP) is 5.47. The van der Waals surface area contributed by atoms with Crippen molar-refractivity contribution in [3.05, 3.63) is 76.3 Å². The van der Waals surface area contributed by atoms with E-state index in [9.17, 15) is 0 Å². The maximum absolute atomic E-state index is 5.85. The van der Waals surface area contributed by atoms with Crippen molar-refractivity contribution in [2.75, 3.05) is 0 Å². The topological polar surface area (TPSA) is 41.6 Å². The van der Waals surface area contributed by atoms with Crippen molar-refractivity contribution in [1.82, 2.24) is 5.01 Å². The van der Waals surface area contributed by atoms with Gasteiger partial charge in [0.2, 0.25) is 0 Å². The predicted molar refractivity (Wildman–Crippen MR) is 109 cm³/mol. The van der Waals surface area contributed by atoms with Crippen LogP contribution < -0.4 is 5.73 Å². The molecule has 1 aromatic rings. The zero-order chi connectivity index (χ0) is 18.1. The number of allylic oxidation sites excluding steroid dienone is 7. The Morgan fingerprint density at radius 1 is 1.33 bits per heavy atom. The van der Waals surface area contributed by atoms with Gasteiger partial charge in [0, 0.05) is 28.4 Å². The molecule has 1 rings (SSSR count). The summed E-state index contributed by atoms with van der Waals surface area (Å²) in [7, 11) is 0. The van der Waals surface area contributed by atoms with Crippen molar-refractivity contribution in [1.29, 1.82) is 0 Å². The summed E-state index contributed by atoms with van der Waals surface area (Å²) in [4.78, 5) is 2.41. The number of thiophene rings is 1. The smallest absolute Gasteiger partial charge is 0.0752 e. The Morgan fingerprint density at radius 3 is 2.54 bits per heavy atom. The van der Waals surface area contributed by atoms with Gasteiger partial charge in [-0.1, -0.05) is 32.2 Å². The van der Waals surface area contributed by atoms with Gasteiger partial charge in [-0.3, -0.25) is 5.01 Å². The Kier molecular flexibility index (Phi) is 7.99. The van der Waals surface area contributed by atoms with Crippen LogP contribution in [0.5, 0.6) is 0 Å². The highest BCUT2D eigenvalue weighted by atomic mass is 32.1. The lowest BCUT2D eigenvalue weighted by molar-refractivity contribution is 0.397. The molecule has 2 N–H and O–H groups in total. The van der Waals surface area contributed by atoms with Gasteiger partial charge in [-0.2, -0.15) is 5.10 Å². The van der Waals surface area contributed by atoms with Crippen molar-refractivity contribution in [2.45, 2.75) is 33.7 Å². The van der Waals surface area contributed by atoms with E-state index in [1.807, 2.05) is 50.2 Å². The van der Waals surface area contributed by atoms with E-state index >= 15 is 0 Å². The Labute approximate surface area is 149 Å². The highest BCUT2D eigenvalue weighted by Crippen LogP contribution is 2.24. The molecule has 3 nitrogen and oxygen atoms in total. The van der Waals surface area contributed by atoms with E-state index in [4.69, 9.17) is 5.73 Å². The van der Waals surface area contributed by atoms with E-state index in [2.05, 4.69) is 37.1 Å². The first-order valence-electron chi connectivity index (χ1n) is 7.86. The Balaban J connectivity index is 2.93. The monoisotopic (exact) mass is 341 g/mol. The van der Waals surface area contributed by atoms with Crippen LogP contribution in [0.3, 0.4) is 0 Å². The molecule has 1 aromatic heterocycles. The summed E-state index contributed by atoms with van der Waals surface area (Å²) in [6.07, 6.45) is 8.50. The molecule has 0 aromatic carbocycles. The number of nitrogens with two attached hydrogens (primary N) is 1. The van der Waals surface area contributed by atoms with Gasteiger partial charge >= 0.3 is 0 Å². The minimum atomic E-state index is 0.677. The van der Waals surface area contributed by atoms with Crippen molar-refractivity contribution in [2.24, 2.45) is 10.8 Å². The minimum Gasteiger partial charge on any atom is -0.402 e. The fraction of sp³-hybridized carbons (Fsp3) is 0.250. The second-order valence-corrected chi connectivity index (χ2v) is 6.69. The van der Waals surface area contributed by atoms with Crippen LogP contribution in [0.25, 0.3) is 5.57 Å². The standard InChI is InChI=1S/C20H27N3S/c1-7-17(9-10-18(21)8-2)16(5)13-23(22-6)14-19-11-12-20(24-19)15(3)4/h7,9-13H,1,3,6,8,14,21H2,2,4-5H3/b16-13+,17-9+,18-10+. The molecule has 0 unspecified atom stereocenters. The van der Waals surface area contributed by atoms with E-state index in [1.165, 1.54) is 9.75 Å². The van der Waals surface area contributed by atoms with Crippen molar-refractivity contribution < 1.29 is 0 Å². The summed E-state index contributed by atoms with van der Waals surface area (Å²) < 4.78 is 0. The average molecular weight is 342 g/mol. The lowest BCUT2D eigenvalue weighted by Gasteiger charge is -2.14. The molecule has 0 saturated heterocycles. The molecule has 0 fully saturated rings. The fourth-order valence-electron chi connectivity index (χ4n) is 1.96. The average Bonchev–Trinajstić information content (AvgIpc) is 3.03. The summed E-state index contributed by atoms with van der Waals surface area (Å²) in [5.74, 6) is 0. The maximum atomic E-state index is 5.85. The number of hydrogen-bond acceptors (Lipinski definition) is 4. The van der Waals surface area contributed by atoms with Gasteiger partial charge in [0.15, 0.2) is 0 Å². The zero-order valence-corrected chi connectivity index (χ0v) is 15.7. The zero-order valence-electron chi connectivity index (χ0n) is 14.9. The van der Waals surface area contributed by atoms with Crippen LogP contribution in [0.2, 0.25) is 0 Å². The molecule has 0 bridgehead atoms. The van der Waals surface area contributed by atoms with Crippen LogP contribution in [-0.4, -0.2) is 11.7 Å². The van der Waals surface area contributed by atoms with Crippen LogP contribution in [0, 0.1) is 0 Å². The van der Waals surface area contributed by atoms with E-state index < -0.39 is 0 Å². The first-order valence-corrected chi connectivity index (χ1v) is 8.68. The van der Waals surface area contributed by atoms with Gasteiger partial charge in [0.25, 0.3) is 0 Å². The Bertz CT molecular complexity index is 689. The third-order valence-electron chi connectivity index (χ3n) is 3.48. The normalized spacial score (nSPS) is 12.9. The summed E-state index contributed by atoms with van der Waals surface area (Å²) in [6.45, 7) is 18.3. The largest absolute Gasteiger partial charge is 0.402 e. The Morgan fingerprint density at radius 2 is 2.04 bits per heavy atom. The first-order chi connectivity index (χ1) is 11.4. The molecular weight excluding hydrogens is 314 g/mol. The maximum Gasteiger partial charge on any atom is 0.0752 e. The molecular formula is C20H27N3S. The summed E-state index contributed by atoms with van der Waals surface area (Å²) in [5.41, 5.74) is 9.83. The molecule has 0 spiro atoms. The van der Waals surface area contributed by atoms with Gasteiger partial charge < -0.3 is 5.73 Å². The number of rotatable bonds is 9. The fourth-order valence-corrected chi connectivity index (χ4v) is 2.89. The van der Waals surface area contributed by atoms with Crippen molar-refractivity contribution in [3.63, 3.8) is 0 Å². The van der Waals surface area contributed by atoms with E-state index in [-0.39, 0.29) is 0 Å². The number of hydrogen-bond donors (Lipinski definition) is 1. The van der Waals surface area contributed by atoms with Crippen molar-refractivity contribution in [3.8, 4) is 0 Å². The van der Waals surface area contributed by atoms with Crippen LogP contribution in [0.1, 0.15) is 36.9 Å². The van der Waals surface area contributed by atoms with Gasteiger partial charge in [0.05, 0.1) is 6.54 Å². The van der Waals surface area contributed by atoms with Gasteiger partial charge in [-0.05, 0) is 55.2 Å². The third kappa shape index (κ3) is 6.05. The second kappa shape index (κ2) is 9.73. The first kappa shape index (κ1) is 19.7. The number of nitrogens with zero attached hydrogens (tertiary/aromatic N) is 2. The molecule has 0 atom stereocenters. The summed E-state index contributed by atoms with van der Waals surface area (Å²) >= 11 is 1.72. The van der Waals surface area contributed by atoms with Crippen LogP contribution in [-0.2, 0) is 6.54 Å². The quantitative estimate of drug-likeness (QED) is 0.368. The van der Waals surface area contributed by atoms with Crippen LogP contribution >= 0.6 is 11.3 Å². The molecule has 0 aliphatic rings. The minimum absolute atomic E-state index is 0.677. The number of hydrazone groups is 1. The van der Waals surface area contributed by atoms with Crippen LogP contribution in [0.15, 0.2) is 71.7 Å². The van der Waals surface area contributed by atoms with E-state index in [0.717, 1.165) is 28.8 Å².